The van der Waals surface area contributed by atoms with Crippen molar-refractivity contribution >= 4 is 8.41 Å². The second kappa shape index (κ2) is 37.4. The van der Waals surface area contributed by atoms with Crippen molar-refractivity contribution in [3.63, 3.8) is 0 Å². The van der Waals surface area contributed by atoms with Gasteiger partial charge in [-0.1, -0.05) is 0 Å². The summed E-state index contributed by atoms with van der Waals surface area (Å²) < 4.78 is 0. The van der Waals surface area contributed by atoms with E-state index in [0.717, 1.165) is 0 Å². The topological polar surface area (TPSA) is 35.0 Å². The van der Waals surface area contributed by atoms with Crippen LogP contribution in [0.1, 0.15) is 0 Å². The second-order valence-corrected chi connectivity index (χ2v) is 0. The molecule has 3 radical (unpaired) electrons. The van der Waals surface area contributed by atoms with Crippen LogP contribution in [0.4, 0.5) is 0 Å². The normalized spacial score (nSPS) is 0. The maximum absolute atomic E-state index is 0. The molecule has 0 atom stereocenters. The van der Waals surface area contributed by atoms with E-state index < -0.39 is 0 Å². The van der Waals surface area contributed by atoms with Crippen LogP contribution >= 0.6 is 0 Å². The fourth-order valence-electron chi connectivity index (χ4n) is 0. The molecule has 0 rings (SSSR count). The summed E-state index contributed by atoms with van der Waals surface area (Å²) in [6.07, 6.45) is 0. The molecule has 0 amide bonds. The maximum Gasteiger partial charge on any atom is 0 e. The molecule has 0 aromatic heterocycles. The molecule has 0 unspecified atom stereocenters. The van der Waals surface area contributed by atoms with E-state index in [9.17, 15) is 0 Å². The third-order valence-corrected chi connectivity index (χ3v) is 0. The van der Waals surface area contributed by atoms with Crippen molar-refractivity contribution in [3.8, 4) is 0 Å². The van der Waals surface area contributed by atoms with Gasteiger partial charge in [-0.15, -0.1) is 0 Å². The molecule has 3 N–H and O–H groups in total. The van der Waals surface area contributed by atoms with Gasteiger partial charge in [0, 0.05) is 124 Å². The second-order valence-electron chi connectivity index (χ2n) is 0. The molecule has 6 heteroatoms. The summed E-state index contributed by atoms with van der Waals surface area (Å²) in [6.45, 7) is 0. The molecule has 6 heavy (non-hydrogen) atoms. The van der Waals surface area contributed by atoms with Gasteiger partial charge in [0.2, 0.25) is 0 Å². The Morgan fingerprint density at radius 1 is 0.833 bits per heavy atom. The molecular weight excluding hydrogens is 431 g/mol. The van der Waals surface area contributed by atoms with Crippen molar-refractivity contribution in [1.82, 2.24) is 6.15 Å². The number of rotatable bonds is 0. The molecule has 0 bridgehead atoms. The minimum Gasteiger partial charge on any atom is -0.344 e. The fourth-order valence-corrected chi connectivity index (χ4v) is 0. The van der Waals surface area contributed by atoms with Gasteiger partial charge in [0.15, 0.2) is 0 Å². The van der Waals surface area contributed by atoms with Crippen molar-refractivity contribution in [1.29, 1.82) is 0 Å². The van der Waals surface area contributed by atoms with Crippen LogP contribution in [-0.2, 0) is 34.1 Å². The molecule has 0 spiro atoms. The predicted molar refractivity (Wildman–Crippen MR) is 10.8 cm³/mol. The fraction of sp³-hybridized carbons (Fsp3) is 0. The Morgan fingerprint density at radius 2 is 0.833 bits per heavy atom. The summed E-state index contributed by atoms with van der Waals surface area (Å²) in [5.74, 6) is 0. The Hall–Kier alpha value is 3.75. The Labute approximate surface area is 127 Å². The summed E-state index contributed by atoms with van der Waals surface area (Å²) in [5, 5.41) is 0. The summed E-state index contributed by atoms with van der Waals surface area (Å²) in [7, 11) is 0. The summed E-state index contributed by atoms with van der Waals surface area (Å²) in [4.78, 5) is 0. The van der Waals surface area contributed by atoms with Crippen LogP contribution in [0.15, 0.2) is 0 Å². The monoisotopic (exact) mass is 434 g/mol. The average molecular weight is 434 g/mol. The smallest absolute Gasteiger partial charge is 0 e. The van der Waals surface area contributed by atoms with E-state index in [1.165, 1.54) is 0 Å². The van der Waals surface area contributed by atoms with E-state index in [2.05, 4.69) is 0 Å². The predicted octanol–water partition coefficient (Wildman–Crippen LogP) is -0.224. The summed E-state index contributed by atoms with van der Waals surface area (Å²) in [6, 6.07) is 0. The molecule has 0 saturated carbocycles. The van der Waals surface area contributed by atoms with Crippen LogP contribution in [0.2, 0.25) is 0 Å². The Balaban J connectivity index is 0. The van der Waals surface area contributed by atoms with Crippen molar-refractivity contribution in [2.75, 3.05) is 0 Å². The van der Waals surface area contributed by atoms with Gasteiger partial charge in [0.1, 0.15) is 0 Å². The molecule has 37 valence electrons. The van der Waals surface area contributed by atoms with Crippen LogP contribution < -0.4 is 6.15 Å². The van der Waals surface area contributed by atoms with Gasteiger partial charge in [-0.05, 0) is 0 Å². The maximum atomic E-state index is 0. The van der Waals surface area contributed by atoms with Gasteiger partial charge < -0.3 is 6.15 Å². The van der Waals surface area contributed by atoms with Gasteiger partial charge in [-0.3, -0.25) is 0 Å². The third kappa shape index (κ3) is 25.1. The zero-order valence-electron chi connectivity index (χ0n) is 2.90. The van der Waals surface area contributed by atoms with Crippen LogP contribution in [0.25, 0.3) is 0 Å². The van der Waals surface area contributed by atoms with E-state index in [4.69, 9.17) is 0 Å². The summed E-state index contributed by atoms with van der Waals surface area (Å²) >= 11 is 0. The largest absolute Gasteiger partial charge is 0.344 e. The Kier molecular flexibility index (Phi) is 330. The molecule has 1 nitrogen and oxygen atoms in total. The number of hydrogen-bond donors (Lipinski definition) is 1. The van der Waals surface area contributed by atoms with E-state index in [0.29, 0.717) is 0 Å². The zero-order chi connectivity index (χ0) is 0. The van der Waals surface area contributed by atoms with Crippen LogP contribution in [0, 0.1) is 81.2 Å². The molecule has 0 aliphatic rings. The van der Waals surface area contributed by atoms with Crippen LogP contribution in [0.3, 0.4) is 0 Å². The van der Waals surface area contributed by atoms with Crippen molar-refractivity contribution in [2.24, 2.45) is 0 Å². The number of hydrogen-bond acceptors (Lipinski definition) is 1. The molecule has 0 heterocycles. The molecule has 0 aliphatic carbocycles. The van der Waals surface area contributed by atoms with Gasteiger partial charge in [0.05, 0.1) is 0 Å². The first-order valence-corrected chi connectivity index (χ1v) is 0. The first-order valence-electron chi connectivity index (χ1n) is 0. The molecule has 0 saturated heterocycles. The first kappa shape index (κ1) is 53.1. The van der Waals surface area contributed by atoms with Crippen molar-refractivity contribution < 1.29 is 115 Å². The van der Waals surface area contributed by atoms with Crippen LogP contribution in [-0.4, -0.2) is 8.41 Å². The van der Waals surface area contributed by atoms with Crippen molar-refractivity contribution in [3.05, 3.63) is 0 Å². The zero-order valence-corrected chi connectivity index (χ0v) is 10.9. The molecule has 0 aromatic carbocycles. The summed E-state index contributed by atoms with van der Waals surface area (Å²) in [5.41, 5.74) is 0. The van der Waals surface area contributed by atoms with Gasteiger partial charge in [0.25, 0.3) is 0 Å². The molecule has 0 fully saturated rings. The average Bonchev–Trinajstić information content (AvgIpc) is 0. The van der Waals surface area contributed by atoms with E-state index >= 15 is 0 Å². The first-order chi connectivity index (χ1) is 0. The van der Waals surface area contributed by atoms with Gasteiger partial charge in [-0.2, -0.15) is 0 Å². The minimum atomic E-state index is 0. The third-order valence-electron chi connectivity index (χ3n) is 0. The van der Waals surface area contributed by atoms with Gasteiger partial charge in [-0.25, -0.2) is 0 Å². The standard InChI is InChI=1S/B.2Fe.H3N.Nd.Sm/h;;;1H3;;. The quantitative estimate of drug-likeness (QED) is 0.526. The van der Waals surface area contributed by atoms with E-state index in [1.807, 2.05) is 0 Å². The molecule has 0 aliphatic heterocycles. The van der Waals surface area contributed by atoms with Gasteiger partial charge >= 0.3 is 0 Å². The Bertz CT molecular complexity index is 13.5. The Morgan fingerprint density at radius 3 is 0.833 bits per heavy atom. The van der Waals surface area contributed by atoms with Crippen molar-refractivity contribution in [2.45, 2.75) is 0 Å². The van der Waals surface area contributed by atoms with E-state index in [1.54, 1.807) is 0 Å². The minimum absolute atomic E-state index is 0. The van der Waals surface area contributed by atoms with Crippen LogP contribution in [0.5, 0.6) is 0 Å². The molecular formula is H3BFe2NNdSm. The van der Waals surface area contributed by atoms with E-state index in [-0.39, 0.29) is 130 Å². The molecule has 0 aromatic rings. The SMILES string of the molecule is N.[B].[Fe].[Fe].[Nd].[Sm].